The molecule has 1 fully saturated rings. The van der Waals surface area contributed by atoms with Crippen LogP contribution in [0.4, 0.5) is 34.1 Å². The molecule has 1 aliphatic rings. The van der Waals surface area contributed by atoms with Gasteiger partial charge in [0.2, 0.25) is 11.8 Å². The summed E-state index contributed by atoms with van der Waals surface area (Å²) >= 11 is 6.73. The molecule has 1 heterocycles. The lowest BCUT2D eigenvalue weighted by molar-refractivity contribution is -0.137. The number of nitrogens with one attached hydrogen (secondary N) is 3. The van der Waals surface area contributed by atoms with E-state index in [-0.39, 0.29) is 44.9 Å². The molecule has 7 nitrogen and oxygen atoms in total. The highest BCUT2D eigenvalue weighted by Crippen LogP contribution is 2.47. The second-order valence-electron chi connectivity index (χ2n) is 8.08. The Labute approximate surface area is 210 Å². The third kappa shape index (κ3) is 5.34. The van der Waals surface area contributed by atoms with Gasteiger partial charge in [-0.05, 0) is 56.2 Å². The molecule has 0 spiro atoms. The summed E-state index contributed by atoms with van der Waals surface area (Å²) < 4.78 is 52.4. The Kier molecular flexibility index (Phi) is 6.76. The van der Waals surface area contributed by atoms with Crippen LogP contribution < -0.4 is 16.0 Å². The first-order valence-electron chi connectivity index (χ1n) is 10.4. The van der Waals surface area contributed by atoms with Gasteiger partial charge in [0.05, 0.1) is 22.0 Å². The van der Waals surface area contributed by atoms with Crippen molar-refractivity contribution in [3.8, 4) is 0 Å². The number of hydrogen-bond acceptors (Lipinski definition) is 5. The van der Waals surface area contributed by atoms with E-state index < -0.39 is 40.7 Å². The van der Waals surface area contributed by atoms with Crippen LogP contribution in [0.1, 0.15) is 33.8 Å². The van der Waals surface area contributed by atoms with Crippen LogP contribution in [0.25, 0.3) is 0 Å². The normalized spacial score (nSPS) is 14.2. The monoisotopic (exact) mass is 540 g/mol. The molecule has 1 aromatic heterocycles. The Morgan fingerprint density at radius 1 is 1.03 bits per heavy atom. The van der Waals surface area contributed by atoms with Crippen LogP contribution in [0.15, 0.2) is 42.5 Å². The predicted molar refractivity (Wildman–Crippen MR) is 127 cm³/mol. The molecular weight excluding hydrogens is 524 g/mol. The van der Waals surface area contributed by atoms with Crippen molar-refractivity contribution in [2.24, 2.45) is 5.41 Å². The number of nitrogens with zero attached hydrogens (tertiary/aromatic N) is 1. The van der Waals surface area contributed by atoms with Crippen molar-refractivity contribution in [2.45, 2.75) is 25.9 Å². The van der Waals surface area contributed by atoms with E-state index >= 15 is 0 Å². The number of amides is 3. The molecule has 3 N–H and O–H groups in total. The molecule has 1 aliphatic carbocycles. The van der Waals surface area contributed by atoms with E-state index in [0.717, 1.165) is 29.5 Å². The number of halogens is 5. The summed E-state index contributed by atoms with van der Waals surface area (Å²) in [6.45, 7) is 1.48. The van der Waals surface area contributed by atoms with E-state index in [1.165, 1.54) is 25.1 Å². The minimum absolute atomic E-state index is 0.0302. The third-order valence-electron chi connectivity index (χ3n) is 5.47. The van der Waals surface area contributed by atoms with Crippen molar-refractivity contribution in [2.75, 3.05) is 16.0 Å². The van der Waals surface area contributed by atoms with Crippen LogP contribution in [0.2, 0.25) is 5.02 Å². The molecule has 13 heteroatoms. The van der Waals surface area contributed by atoms with E-state index in [1.54, 1.807) is 0 Å². The van der Waals surface area contributed by atoms with E-state index in [2.05, 4.69) is 20.9 Å². The Morgan fingerprint density at radius 3 is 2.36 bits per heavy atom. The lowest BCUT2D eigenvalue weighted by Crippen LogP contribution is -2.35. The molecule has 3 aromatic rings. The van der Waals surface area contributed by atoms with Gasteiger partial charge < -0.3 is 16.0 Å². The van der Waals surface area contributed by atoms with Crippen molar-refractivity contribution >= 4 is 57.2 Å². The first-order valence-corrected chi connectivity index (χ1v) is 11.6. The molecule has 0 aliphatic heterocycles. The number of benzene rings is 2. The SMILES string of the molecule is Cc1nc(NC(=O)C2(C(=O)Nc3cccc(F)c3)CC2)sc1C(=O)Nc1cc(C(F)(F)F)ccc1Cl. The molecule has 3 amide bonds. The fraction of sp³-hybridized carbons (Fsp3) is 0.217. The van der Waals surface area contributed by atoms with Crippen LogP contribution in [0, 0.1) is 18.2 Å². The topological polar surface area (TPSA) is 100 Å². The van der Waals surface area contributed by atoms with Crippen LogP contribution >= 0.6 is 22.9 Å². The lowest BCUT2D eigenvalue weighted by atomic mass is 10.1. The number of carbonyl (C=O) groups excluding carboxylic acids is 3. The molecule has 4 rings (SSSR count). The molecule has 188 valence electrons. The number of anilines is 3. The molecular formula is C23H17ClF4N4O3S. The lowest BCUT2D eigenvalue weighted by Gasteiger charge is -2.14. The Balaban J connectivity index is 1.46. The molecule has 0 saturated heterocycles. The fourth-order valence-electron chi connectivity index (χ4n) is 3.35. The highest BCUT2D eigenvalue weighted by Gasteiger charge is 2.56. The van der Waals surface area contributed by atoms with Gasteiger partial charge in [-0.15, -0.1) is 0 Å². The predicted octanol–water partition coefficient (Wildman–Crippen LogP) is 5.87. The summed E-state index contributed by atoms with van der Waals surface area (Å²) in [6, 6.07) is 7.78. The Morgan fingerprint density at radius 2 is 1.72 bits per heavy atom. The first-order chi connectivity index (χ1) is 16.9. The summed E-state index contributed by atoms with van der Waals surface area (Å²) in [5, 5.41) is 7.31. The summed E-state index contributed by atoms with van der Waals surface area (Å²) in [5.41, 5.74) is -2.16. The van der Waals surface area contributed by atoms with E-state index in [4.69, 9.17) is 11.6 Å². The second-order valence-corrected chi connectivity index (χ2v) is 9.49. The standard InChI is InChI=1S/C23H17ClF4N4O3S/c1-11-17(18(33)31-16-9-12(23(26,27)28)5-6-15(16)24)36-21(29-11)32-20(35)22(7-8-22)19(34)30-14-4-2-3-13(25)10-14/h2-6,9-10H,7-8H2,1H3,(H,30,34)(H,31,33)(H,29,32,35). The summed E-state index contributed by atoms with van der Waals surface area (Å²) in [4.78, 5) is 42.4. The van der Waals surface area contributed by atoms with Crippen molar-refractivity contribution in [1.82, 2.24) is 4.98 Å². The van der Waals surface area contributed by atoms with Gasteiger partial charge in [-0.25, -0.2) is 9.37 Å². The first kappa shape index (κ1) is 25.6. The maximum absolute atomic E-state index is 13.4. The number of thiazole rings is 1. The van der Waals surface area contributed by atoms with Gasteiger partial charge >= 0.3 is 6.18 Å². The van der Waals surface area contributed by atoms with Crippen LogP contribution in [-0.4, -0.2) is 22.7 Å². The minimum atomic E-state index is -4.62. The van der Waals surface area contributed by atoms with E-state index in [1.807, 2.05) is 0 Å². The largest absolute Gasteiger partial charge is 0.416 e. The summed E-state index contributed by atoms with van der Waals surface area (Å²) in [7, 11) is 0. The zero-order valence-corrected chi connectivity index (χ0v) is 20.0. The zero-order chi connectivity index (χ0) is 26.3. The molecule has 2 aromatic carbocycles. The minimum Gasteiger partial charge on any atom is -0.325 e. The molecule has 0 bridgehead atoms. The van der Waals surface area contributed by atoms with Crippen molar-refractivity contribution in [1.29, 1.82) is 0 Å². The molecule has 0 radical (unpaired) electrons. The average Bonchev–Trinajstić information content (AvgIpc) is 3.53. The number of alkyl halides is 3. The molecule has 36 heavy (non-hydrogen) atoms. The molecule has 0 unspecified atom stereocenters. The van der Waals surface area contributed by atoms with Gasteiger partial charge in [0.25, 0.3) is 5.91 Å². The van der Waals surface area contributed by atoms with Gasteiger partial charge in [0.15, 0.2) is 5.13 Å². The van der Waals surface area contributed by atoms with Gasteiger partial charge in [-0.1, -0.05) is 29.0 Å². The van der Waals surface area contributed by atoms with Crippen LogP contribution in [0.3, 0.4) is 0 Å². The maximum atomic E-state index is 13.4. The quantitative estimate of drug-likeness (QED) is 0.269. The van der Waals surface area contributed by atoms with Crippen molar-refractivity contribution in [3.63, 3.8) is 0 Å². The summed E-state index contributed by atoms with van der Waals surface area (Å²) in [6.07, 6.45) is -4.08. The highest BCUT2D eigenvalue weighted by molar-refractivity contribution is 7.17. The zero-order valence-electron chi connectivity index (χ0n) is 18.4. The molecule has 0 atom stereocenters. The van der Waals surface area contributed by atoms with Gasteiger partial charge in [0.1, 0.15) is 16.1 Å². The van der Waals surface area contributed by atoms with Crippen LogP contribution in [-0.2, 0) is 15.8 Å². The van der Waals surface area contributed by atoms with Gasteiger partial charge in [0, 0.05) is 5.69 Å². The number of carbonyl (C=O) groups is 3. The molecule has 1 saturated carbocycles. The maximum Gasteiger partial charge on any atom is 0.416 e. The Bertz CT molecular complexity index is 1370. The second kappa shape index (κ2) is 9.51. The van der Waals surface area contributed by atoms with Crippen molar-refractivity contribution in [3.05, 3.63) is 69.4 Å². The number of hydrogen-bond donors (Lipinski definition) is 3. The van der Waals surface area contributed by atoms with E-state index in [9.17, 15) is 31.9 Å². The highest BCUT2D eigenvalue weighted by atomic mass is 35.5. The fourth-order valence-corrected chi connectivity index (χ4v) is 4.37. The summed E-state index contributed by atoms with van der Waals surface area (Å²) in [5.74, 6) is -2.55. The van der Waals surface area contributed by atoms with Crippen molar-refractivity contribution < 1.29 is 31.9 Å². The number of aryl methyl sites for hydroxylation is 1. The smallest absolute Gasteiger partial charge is 0.325 e. The third-order valence-corrected chi connectivity index (χ3v) is 6.87. The number of aromatic nitrogens is 1. The Hall–Kier alpha value is -3.51. The van der Waals surface area contributed by atoms with Crippen LogP contribution in [0.5, 0.6) is 0 Å². The van der Waals surface area contributed by atoms with E-state index in [0.29, 0.717) is 6.07 Å². The van der Waals surface area contributed by atoms with Gasteiger partial charge in [-0.2, -0.15) is 13.2 Å². The average molecular weight is 541 g/mol. The van der Waals surface area contributed by atoms with Gasteiger partial charge in [-0.3, -0.25) is 14.4 Å². The number of rotatable bonds is 6.